The summed E-state index contributed by atoms with van der Waals surface area (Å²) in [6.07, 6.45) is 0.512. The second-order valence-corrected chi connectivity index (χ2v) is 11.1. The van der Waals surface area contributed by atoms with Crippen molar-refractivity contribution in [1.82, 2.24) is 4.31 Å². The Morgan fingerprint density at radius 2 is 1.70 bits per heavy atom. The highest BCUT2D eigenvalue weighted by Gasteiger charge is 2.28. The molecule has 7 nitrogen and oxygen atoms in total. The zero-order valence-corrected chi connectivity index (χ0v) is 19.5. The van der Waals surface area contributed by atoms with E-state index in [-0.39, 0.29) is 34.4 Å². The van der Waals surface area contributed by atoms with E-state index in [0.29, 0.717) is 18.5 Å². The molecule has 1 aliphatic rings. The van der Waals surface area contributed by atoms with Crippen molar-refractivity contribution in [3.05, 3.63) is 83.7 Å². The number of halogens is 1. The average Bonchev–Trinajstić information content (AvgIpc) is 2.80. The van der Waals surface area contributed by atoms with E-state index in [1.807, 2.05) is 0 Å². The van der Waals surface area contributed by atoms with Crippen molar-refractivity contribution >= 4 is 25.7 Å². The van der Waals surface area contributed by atoms with Crippen LogP contribution in [0.1, 0.15) is 18.1 Å². The molecule has 0 radical (unpaired) electrons. The maximum Gasteiger partial charge on any atom is 0.262 e. The summed E-state index contributed by atoms with van der Waals surface area (Å²) in [6.45, 7) is 2.42. The number of anilines is 1. The lowest BCUT2D eigenvalue weighted by atomic mass is 10.0. The van der Waals surface area contributed by atoms with Crippen LogP contribution < -0.4 is 9.46 Å². The Morgan fingerprint density at radius 1 is 0.939 bits per heavy atom. The minimum Gasteiger partial charge on any atom is -0.491 e. The Labute approximate surface area is 192 Å². The summed E-state index contributed by atoms with van der Waals surface area (Å²) in [4.78, 5) is -0.0303. The lowest BCUT2D eigenvalue weighted by Gasteiger charge is -2.28. The summed E-state index contributed by atoms with van der Waals surface area (Å²) in [5.74, 6) is -0.795. The topological polar surface area (TPSA) is 92.8 Å². The minimum atomic E-state index is -4.06. The van der Waals surface area contributed by atoms with Crippen molar-refractivity contribution < 1.29 is 26.0 Å². The summed E-state index contributed by atoms with van der Waals surface area (Å²) >= 11 is 0. The van der Waals surface area contributed by atoms with Gasteiger partial charge in [-0.2, -0.15) is 4.31 Å². The molecule has 0 amide bonds. The summed E-state index contributed by atoms with van der Waals surface area (Å²) in [5, 5.41) is 0. The zero-order valence-electron chi connectivity index (χ0n) is 17.9. The second kappa shape index (κ2) is 9.12. The van der Waals surface area contributed by atoms with Gasteiger partial charge in [-0.05, 0) is 66.9 Å². The molecule has 3 aromatic rings. The molecular weight excluding hydrogens is 467 g/mol. The van der Waals surface area contributed by atoms with Gasteiger partial charge >= 0.3 is 0 Å². The summed E-state index contributed by atoms with van der Waals surface area (Å²) in [5.41, 5.74) is 1.92. The Bertz CT molecular complexity index is 1380. The predicted octanol–water partition coefficient (Wildman–Crippen LogP) is 3.77. The number of nitrogens with one attached hydrogen (secondary N) is 1. The first-order valence-corrected chi connectivity index (χ1v) is 13.3. The summed E-state index contributed by atoms with van der Waals surface area (Å²) in [6, 6.07) is 16.6. The van der Waals surface area contributed by atoms with Crippen molar-refractivity contribution in [3.8, 4) is 5.75 Å². The maximum absolute atomic E-state index is 14.1. The van der Waals surface area contributed by atoms with Gasteiger partial charge in [0.15, 0.2) is 11.6 Å². The van der Waals surface area contributed by atoms with E-state index in [1.54, 1.807) is 55.5 Å². The second-order valence-electron chi connectivity index (χ2n) is 7.52. The molecule has 0 atom stereocenters. The molecular formula is C23H23FN2O5S2. The summed E-state index contributed by atoms with van der Waals surface area (Å²) < 4.78 is 74.6. The van der Waals surface area contributed by atoms with Crippen molar-refractivity contribution in [2.45, 2.75) is 29.7 Å². The molecule has 0 spiro atoms. The van der Waals surface area contributed by atoms with Gasteiger partial charge in [0, 0.05) is 18.8 Å². The first-order chi connectivity index (χ1) is 15.7. The molecule has 0 saturated carbocycles. The van der Waals surface area contributed by atoms with Crippen LogP contribution in [-0.4, -0.2) is 34.3 Å². The molecule has 33 heavy (non-hydrogen) atoms. The monoisotopic (exact) mass is 490 g/mol. The van der Waals surface area contributed by atoms with Crippen LogP contribution in [0.4, 0.5) is 10.1 Å². The first kappa shape index (κ1) is 23.2. The zero-order chi connectivity index (χ0) is 23.6. The number of hydrogen-bond donors (Lipinski definition) is 1. The van der Waals surface area contributed by atoms with Crippen LogP contribution in [0.25, 0.3) is 0 Å². The standard InChI is InChI=1S/C23H23FN2O5S2/c1-2-31-23-11-10-21(15-22(23)24)32(27,28)25-19-9-8-17-12-13-26(16-18(17)14-19)33(29,30)20-6-4-3-5-7-20/h3-11,14-15,25H,2,12-13,16H2,1H3. The molecule has 0 aliphatic carbocycles. The molecule has 0 unspecified atom stereocenters. The third-order valence-corrected chi connectivity index (χ3v) is 8.57. The van der Waals surface area contributed by atoms with Gasteiger partial charge in [0.05, 0.1) is 16.4 Å². The van der Waals surface area contributed by atoms with Crippen LogP contribution in [-0.2, 0) is 33.0 Å². The van der Waals surface area contributed by atoms with Gasteiger partial charge in [-0.15, -0.1) is 0 Å². The van der Waals surface area contributed by atoms with E-state index >= 15 is 0 Å². The fourth-order valence-electron chi connectivity index (χ4n) is 3.68. The maximum atomic E-state index is 14.1. The Kier molecular flexibility index (Phi) is 6.42. The number of benzene rings is 3. The Morgan fingerprint density at radius 3 is 2.39 bits per heavy atom. The molecule has 0 bridgehead atoms. The fraction of sp³-hybridized carbons (Fsp3) is 0.217. The Hall–Kier alpha value is -2.95. The van der Waals surface area contributed by atoms with E-state index in [4.69, 9.17) is 4.74 Å². The predicted molar refractivity (Wildman–Crippen MR) is 123 cm³/mol. The van der Waals surface area contributed by atoms with Crippen LogP contribution in [0, 0.1) is 5.82 Å². The molecule has 1 N–H and O–H groups in total. The highest BCUT2D eigenvalue weighted by Crippen LogP contribution is 2.28. The molecule has 10 heteroatoms. The van der Waals surface area contributed by atoms with Gasteiger partial charge in [0.2, 0.25) is 10.0 Å². The van der Waals surface area contributed by atoms with Gasteiger partial charge in [0.25, 0.3) is 10.0 Å². The quantitative estimate of drug-likeness (QED) is 0.544. The van der Waals surface area contributed by atoms with Crippen LogP contribution >= 0.6 is 0 Å². The van der Waals surface area contributed by atoms with E-state index in [9.17, 15) is 21.2 Å². The van der Waals surface area contributed by atoms with Crippen LogP contribution in [0.5, 0.6) is 5.75 Å². The number of sulfonamides is 2. The molecule has 174 valence electrons. The first-order valence-electron chi connectivity index (χ1n) is 10.3. The van der Waals surface area contributed by atoms with Crippen LogP contribution in [0.15, 0.2) is 76.5 Å². The third-order valence-electron chi connectivity index (χ3n) is 5.33. The van der Waals surface area contributed by atoms with Crippen LogP contribution in [0.3, 0.4) is 0 Å². The Balaban J connectivity index is 1.56. The smallest absolute Gasteiger partial charge is 0.262 e. The molecule has 0 saturated heterocycles. The average molecular weight is 491 g/mol. The highest BCUT2D eigenvalue weighted by atomic mass is 32.2. The van der Waals surface area contributed by atoms with E-state index in [0.717, 1.165) is 11.6 Å². The molecule has 1 aliphatic heterocycles. The number of fused-ring (bicyclic) bond motifs is 1. The lowest BCUT2D eigenvalue weighted by Crippen LogP contribution is -2.36. The van der Waals surface area contributed by atoms with Crippen LogP contribution in [0.2, 0.25) is 0 Å². The normalized spacial score (nSPS) is 14.5. The molecule has 1 heterocycles. The van der Waals surface area contributed by atoms with Gasteiger partial charge in [-0.3, -0.25) is 4.72 Å². The lowest BCUT2D eigenvalue weighted by molar-refractivity contribution is 0.321. The summed E-state index contributed by atoms with van der Waals surface area (Å²) in [7, 11) is -7.72. The molecule has 0 aromatic heterocycles. The molecule has 0 fully saturated rings. The van der Waals surface area contributed by atoms with Gasteiger partial charge in [-0.25, -0.2) is 21.2 Å². The van der Waals surface area contributed by atoms with Crippen molar-refractivity contribution in [3.63, 3.8) is 0 Å². The van der Waals surface area contributed by atoms with E-state index in [2.05, 4.69) is 4.72 Å². The van der Waals surface area contributed by atoms with Crippen molar-refractivity contribution in [2.75, 3.05) is 17.9 Å². The number of nitrogens with zero attached hydrogens (tertiary/aromatic N) is 1. The van der Waals surface area contributed by atoms with E-state index < -0.39 is 25.9 Å². The van der Waals surface area contributed by atoms with E-state index in [1.165, 1.54) is 16.4 Å². The van der Waals surface area contributed by atoms with Gasteiger partial charge in [0.1, 0.15) is 0 Å². The minimum absolute atomic E-state index is 0.0232. The SMILES string of the molecule is CCOc1ccc(S(=O)(=O)Nc2ccc3c(c2)CN(S(=O)(=O)c2ccccc2)CC3)cc1F. The van der Waals surface area contributed by atoms with Gasteiger partial charge < -0.3 is 4.74 Å². The molecule has 3 aromatic carbocycles. The highest BCUT2D eigenvalue weighted by molar-refractivity contribution is 7.92. The molecule has 4 rings (SSSR count). The number of hydrogen-bond acceptors (Lipinski definition) is 5. The number of rotatable bonds is 7. The van der Waals surface area contributed by atoms with Crippen molar-refractivity contribution in [1.29, 1.82) is 0 Å². The van der Waals surface area contributed by atoms with Gasteiger partial charge in [-0.1, -0.05) is 24.3 Å². The third kappa shape index (κ3) is 4.87. The van der Waals surface area contributed by atoms with Crippen molar-refractivity contribution in [2.24, 2.45) is 0 Å². The number of ether oxygens (including phenoxy) is 1. The fourth-order valence-corrected chi connectivity index (χ4v) is 6.18. The largest absolute Gasteiger partial charge is 0.491 e.